The van der Waals surface area contributed by atoms with E-state index in [0.29, 0.717) is 52.5 Å². The third-order valence-electron chi connectivity index (χ3n) is 5.80. The number of carbonyl (C=O) groups is 1. The zero-order valence-electron chi connectivity index (χ0n) is 19.0. The molecule has 1 amide bonds. The zero-order valence-corrected chi connectivity index (χ0v) is 20.6. The molecule has 5 rings (SSSR count). The van der Waals surface area contributed by atoms with Crippen LogP contribution >= 0.6 is 15.9 Å². The Bertz CT molecular complexity index is 1510. The molecule has 7 heteroatoms. The maximum Gasteiger partial charge on any atom is 0.295 e. The first-order chi connectivity index (χ1) is 17.0. The van der Waals surface area contributed by atoms with E-state index in [4.69, 9.17) is 13.9 Å². The van der Waals surface area contributed by atoms with Crippen LogP contribution in [0.1, 0.15) is 34.6 Å². The molecule has 35 heavy (non-hydrogen) atoms. The summed E-state index contributed by atoms with van der Waals surface area (Å²) in [5.74, 6) is 0.742. The van der Waals surface area contributed by atoms with Crippen molar-refractivity contribution >= 4 is 38.5 Å². The zero-order chi connectivity index (χ0) is 24.5. The Kier molecular flexibility index (Phi) is 6.17. The van der Waals surface area contributed by atoms with Gasteiger partial charge in [0.15, 0.2) is 16.9 Å². The molecule has 176 valence electrons. The van der Waals surface area contributed by atoms with Crippen LogP contribution in [0.15, 0.2) is 93.1 Å². The summed E-state index contributed by atoms with van der Waals surface area (Å²) in [6.45, 7) is 6.32. The quantitative estimate of drug-likeness (QED) is 0.263. The third-order valence-corrected chi connectivity index (χ3v) is 6.30. The number of benzene rings is 3. The van der Waals surface area contributed by atoms with Gasteiger partial charge in [-0.1, -0.05) is 52.9 Å². The van der Waals surface area contributed by atoms with Gasteiger partial charge >= 0.3 is 0 Å². The van der Waals surface area contributed by atoms with Gasteiger partial charge in [-0.15, -0.1) is 0 Å². The molecule has 1 aromatic heterocycles. The highest BCUT2D eigenvalue weighted by molar-refractivity contribution is 9.10. The first-order valence-corrected chi connectivity index (χ1v) is 12.0. The molecule has 3 aromatic carbocycles. The molecule has 2 heterocycles. The summed E-state index contributed by atoms with van der Waals surface area (Å²) in [7, 11) is 0. The van der Waals surface area contributed by atoms with Gasteiger partial charge in [0.2, 0.25) is 5.76 Å². The van der Waals surface area contributed by atoms with Crippen molar-refractivity contribution in [3.8, 4) is 11.5 Å². The molecule has 0 aliphatic carbocycles. The fourth-order valence-corrected chi connectivity index (χ4v) is 4.75. The van der Waals surface area contributed by atoms with Crippen LogP contribution in [0.3, 0.4) is 0 Å². The van der Waals surface area contributed by atoms with E-state index in [0.717, 1.165) is 4.47 Å². The maximum atomic E-state index is 13.7. The second-order valence-corrected chi connectivity index (χ2v) is 8.88. The molecule has 1 aliphatic rings. The topological polar surface area (TPSA) is 69.0 Å². The molecule has 0 saturated carbocycles. The lowest BCUT2D eigenvalue weighted by Gasteiger charge is -2.26. The van der Waals surface area contributed by atoms with Gasteiger partial charge < -0.3 is 13.9 Å². The maximum absolute atomic E-state index is 13.7. The molecule has 4 aromatic rings. The van der Waals surface area contributed by atoms with E-state index in [1.807, 2.05) is 43.3 Å². The third kappa shape index (κ3) is 4.02. The highest BCUT2D eigenvalue weighted by atomic mass is 79.9. The van der Waals surface area contributed by atoms with E-state index in [1.54, 1.807) is 41.3 Å². The number of hydrogen-bond acceptors (Lipinski definition) is 5. The van der Waals surface area contributed by atoms with Crippen molar-refractivity contribution < 1.29 is 18.7 Å². The average Bonchev–Trinajstić information content (AvgIpc) is 3.16. The van der Waals surface area contributed by atoms with Crippen LogP contribution in [-0.4, -0.2) is 19.1 Å². The van der Waals surface area contributed by atoms with Crippen LogP contribution in [0.4, 0.5) is 5.69 Å². The van der Waals surface area contributed by atoms with Crippen LogP contribution in [0.5, 0.6) is 11.5 Å². The number of ether oxygens (including phenoxy) is 2. The number of carbonyl (C=O) groups excluding carboxylic acids is 1. The number of hydrogen-bond donors (Lipinski definition) is 0. The van der Waals surface area contributed by atoms with Gasteiger partial charge in [0.1, 0.15) is 12.2 Å². The van der Waals surface area contributed by atoms with Gasteiger partial charge in [0.05, 0.1) is 23.6 Å². The van der Waals surface area contributed by atoms with Crippen molar-refractivity contribution in [2.24, 2.45) is 0 Å². The smallest absolute Gasteiger partial charge is 0.295 e. The van der Waals surface area contributed by atoms with E-state index in [9.17, 15) is 9.59 Å². The number of anilines is 1. The van der Waals surface area contributed by atoms with E-state index < -0.39 is 6.04 Å². The minimum Gasteiger partial charge on any atom is -0.490 e. The molecule has 1 unspecified atom stereocenters. The SMILES string of the molecule is C=CCOc1ccc(C2c3c(oc4ccccc4c3=O)C(=O)N2c2cccc(Br)c2)cc1OCC. The van der Waals surface area contributed by atoms with Gasteiger partial charge in [-0.25, -0.2) is 0 Å². The molecular formula is C28H22BrNO5. The Hall–Kier alpha value is -3.84. The van der Waals surface area contributed by atoms with Crippen LogP contribution < -0.4 is 19.8 Å². The van der Waals surface area contributed by atoms with Gasteiger partial charge in [0, 0.05) is 10.2 Å². The summed E-state index contributed by atoms with van der Waals surface area (Å²) in [6, 6.07) is 19.1. The summed E-state index contributed by atoms with van der Waals surface area (Å²) in [5, 5.41) is 0.427. The fourth-order valence-electron chi connectivity index (χ4n) is 4.36. The second kappa shape index (κ2) is 9.43. The number of halogens is 1. The van der Waals surface area contributed by atoms with E-state index in [-0.39, 0.29) is 17.1 Å². The van der Waals surface area contributed by atoms with E-state index >= 15 is 0 Å². The highest BCUT2D eigenvalue weighted by Crippen LogP contribution is 2.43. The summed E-state index contributed by atoms with van der Waals surface area (Å²) in [5.41, 5.74) is 1.78. The monoisotopic (exact) mass is 531 g/mol. The van der Waals surface area contributed by atoms with Crippen molar-refractivity contribution in [3.05, 3.63) is 111 Å². The lowest BCUT2D eigenvalue weighted by Crippen LogP contribution is -2.29. The predicted molar refractivity (Wildman–Crippen MR) is 139 cm³/mol. The Morgan fingerprint density at radius 1 is 1.03 bits per heavy atom. The van der Waals surface area contributed by atoms with E-state index in [2.05, 4.69) is 22.5 Å². The first kappa shape index (κ1) is 22.9. The molecule has 0 spiro atoms. The fraction of sp³-hybridized carbons (Fsp3) is 0.143. The molecular weight excluding hydrogens is 510 g/mol. The van der Waals surface area contributed by atoms with Crippen LogP contribution in [0.2, 0.25) is 0 Å². The Balaban J connectivity index is 1.75. The predicted octanol–water partition coefficient (Wildman–Crippen LogP) is 6.27. The lowest BCUT2D eigenvalue weighted by molar-refractivity contribution is 0.0971. The number of amides is 1. The standard InChI is InChI=1S/C28H22BrNO5/c1-3-14-34-22-13-12-17(15-23(22)33-4-2)25-24-26(31)20-10-5-6-11-21(20)35-27(24)28(32)30(25)19-9-7-8-18(29)16-19/h3,5-13,15-16,25H,1,4,14H2,2H3. The number of nitrogens with zero attached hydrogens (tertiary/aromatic N) is 1. The Morgan fingerprint density at radius 3 is 2.63 bits per heavy atom. The molecule has 0 bridgehead atoms. The summed E-state index contributed by atoms with van der Waals surface area (Å²) in [4.78, 5) is 29.0. The normalized spacial score (nSPS) is 14.7. The van der Waals surface area contributed by atoms with Gasteiger partial charge in [0.25, 0.3) is 5.91 Å². The summed E-state index contributed by atoms with van der Waals surface area (Å²) >= 11 is 3.49. The molecule has 1 atom stereocenters. The second-order valence-electron chi connectivity index (χ2n) is 7.97. The molecule has 0 radical (unpaired) electrons. The van der Waals surface area contributed by atoms with Crippen molar-refractivity contribution in [2.45, 2.75) is 13.0 Å². The Morgan fingerprint density at radius 2 is 1.86 bits per heavy atom. The lowest BCUT2D eigenvalue weighted by atomic mass is 9.97. The highest BCUT2D eigenvalue weighted by Gasteiger charge is 2.44. The van der Waals surface area contributed by atoms with Crippen molar-refractivity contribution in [1.82, 2.24) is 0 Å². The molecule has 0 N–H and O–H groups in total. The van der Waals surface area contributed by atoms with Crippen molar-refractivity contribution in [1.29, 1.82) is 0 Å². The molecule has 0 fully saturated rings. The minimum atomic E-state index is -0.708. The first-order valence-electron chi connectivity index (χ1n) is 11.2. The number of fused-ring (bicyclic) bond motifs is 2. The largest absolute Gasteiger partial charge is 0.490 e. The van der Waals surface area contributed by atoms with Crippen LogP contribution in [0.25, 0.3) is 11.0 Å². The van der Waals surface area contributed by atoms with E-state index in [1.165, 1.54) is 0 Å². The van der Waals surface area contributed by atoms with Crippen LogP contribution in [0, 0.1) is 0 Å². The number of rotatable bonds is 7. The van der Waals surface area contributed by atoms with Gasteiger partial charge in [-0.2, -0.15) is 0 Å². The van der Waals surface area contributed by atoms with Gasteiger partial charge in [-0.3, -0.25) is 14.5 Å². The summed E-state index contributed by atoms with van der Waals surface area (Å²) < 4.78 is 18.4. The molecule has 1 aliphatic heterocycles. The summed E-state index contributed by atoms with van der Waals surface area (Å²) in [6.07, 6.45) is 1.65. The molecule has 6 nitrogen and oxygen atoms in total. The average molecular weight is 532 g/mol. The molecule has 0 saturated heterocycles. The Labute approximate surface area is 210 Å². The van der Waals surface area contributed by atoms with Crippen LogP contribution in [-0.2, 0) is 0 Å². The van der Waals surface area contributed by atoms with Crippen molar-refractivity contribution in [3.63, 3.8) is 0 Å². The van der Waals surface area contributed by atoms with Crippen molar-refractivity contribution in [2.75, 3.05) is 18.1 Å². The van der Waals surface area contributed by atoms with Gasteiger partial charge in [-0.05, 0) is 55.0 Å². The minimum absolute atomic E-state index is 0.0450. The number of para-hydroxylation sites is 1.